The minimum absolute atomic E-state index is 0.0156. The average molecular weight is 291 g/mol. The molecule has 0 radical (unpaired) electrons. The van der Waals surface area contributed by atoms with Crippen molar-refractivity contribution in [2.24, 2.45) is 5.92 Å². The van der Waals surface area contributed by atoms with Crippen molar-refractivity contribution in [1.29, 1.82) is 0 Å². The molecule has 0 heterocycles. The fourth-order valence-corrected chi connectivity index (χ4v) is 2.52. The fourth-order valence-electron chi connectivity index (χ4n) is 2.52. The maximum absolute atomic E-state index is 13.6. The van der Waals surface area contributed by atoms with E-state index in [1.54, 1.807) is 0 Å². The van der Waals surface area contributed by atoms with Crippen molar-refractivity contribution in [2.75, 3.05) is 5.32 Å². The molecule has 0 aromatic heterocycles. The molecular formula is C16H18FNO3. The molecule has 0 aliphatic heterocycles. The van der Waals surface area contributed by atoms with Gasteiger partial charge in [-0.25, -0.2) is 9.18 Å². The van der Waals surface area contributed by atoms with Crippen LogP contribution in [0.4, 0.5) is 10.1 Å². The van der Waals surface area contributed by atoms with Crippen LogP contribution in [0.5, 0.6) is 0 Å². The number of carbonyl (C=O) groups excluding carboxylic acids is 1. The van der Waals surface area contributed by atoms with Gasteiger partial charge in [0.05, 0.1) is 0 Å². The van der Waals surface area contributed by atoms with Gasteiger partial charge in [0, 0.05) is 23.2 Å². The van der Waals surface area contributed by atoms with Crippen LogP contribution in [-0.4, -0.2) is 17.0 Å². The van der Waals surface area contributed by atoms with E-state index in [1.807, 2.05) is 0 Å². The van der Waals surface area contributed by atoms with E-state index in [-0.39, 0.29) is 17.4 Å². The SMILES string of the molecule is O=C(O)/C=C/c1cc(NC(=O)C2CCCCC2)ccc1F. The fraction of sp³-hybridized carbons (Fsp3) is 0.375. The van der Waals surface area contributed by atoms with Gasteiger partial charge < -0.3 is 10.4 Å². The number of carboxylic acid groups (broad SMARTS) is 1. The molecule has 2 N–H and O–H groups in total. The third kappa shape index (κ3) is 4.41. The van der Waals surface area contributed by atoms with Crippen LogP contribution in [0.1, 0.15) is 37.7 Å². The number of nitrogens with one attached hydrogen (secondary N) is 1. The molecule has 1 aliphatic carbocycles. The van der Waals surface area contributed by atoms with Crippen molar-refractivity contribution in [1.82, 2.24) is 0 Å². The minimum Gasteiger partial charge on any atom is -0.478 e. The van der Waals surface area contributed by atoms with Crippen LogP contribution >= 0.6 is 0 Å². The normalized spacial score (nSPS) is 16.0. The Morgan fingerprint density at radius 1 is 1.24 bits per heavy atom. The zero-order valence-corrected chi connectivity index (χ0v) is 11.6. The first-order valence-corrected chi connectivity index (χ1v) is 7.07. The third-order valence-corrected chi connectivity index (χ3v) is 3.64. The maximum atomic E-state index is 13.6. The number of carbonyl (C=O) groups is 2. The summed E-state index contributed by atoms with van der Waals surface area (Å²) in [5.74, 6) is -1.70. The van der Waals surface area contributed by atoms with E-state index >= 15 is 0 Å². The number of halogens is 1. The Balaban J connectivity index is 2.07. The zero-order chi connectivity index (χ0) is 15.2. The van der Waals surface area contributed by atoms with Crippen LogP contribution in [0.25, 0.3) is 6.08 Å². The smallest absolute Gasteiger partial charge is 0.328 e. The van der Waals surface area contributed by atoms with Crippen molar-refractivity contribution in [3.63, 3.8) is 0 Å². The zero-order valence-electron chi connectivity index (χ0n) is 11.6. The lowest BCUT2D eigenvalue weighted by molar-refractivity contribution is -0.131. The molecular weight excluding hydrogens is 273 g/mol. The highest BCUT2D eigenvalue weighted by atomic mass is 19.1. The number of amides is 1. The monoisotopic (exact) mass is 291 g/mol. The summed E-state index contributed by atoms with van der Waals surface area (Å²) in [6, 6.07) is 4.14. The van der Waals surface area contributed by atoms with Crippen LogP contribution in [0.3, 0.4) is 0 Å². The average Bonchev–Trinajstić information content (AvgIpc) is 2.48. The van der Waals surface area contributed by atoms with Gasteiger partial charge in [-0.2, -0.15) is 0 Å². The molecule has 0 unspecified atom stereocenters. The molecule has 2 rings (SSSR count). The number of hydrogen-bond donors (Lipinski definition) is 2. The molecule has 21 heavy (non-hydrogen) atoms. The first-order chi connectivity index (χ1) is 10.1. The molecule has 1 aliphatic rings. The second kappa shape index (κ2) is 7.02. The largest absolute Gasteiger partial charge is 0.478 e. The highest BCUT2D eigenvalue weighted by Gasteiger charge is 2.21. The van der Waals surface area contributed by atoms with Crippen LogP contribution in [0.2, 0.25) is 0 Å². The Labute approximate surface area is 122 Å². The van der Waals surface area contributed by atoms with Gasteiger partial charge in [0.2, 0.25) is 5.91 Å². The lowest BCUT2D eigenvalue weighted by atomic mass is 9.88. The Hall–Kier alpha value is -2.17. The molecule has 0 bridgehead atoms. The van der Waals surface area contributed by atoms with Gasteiger partial charge in [-0.3, -0.25) is 4.79 Å². The van der Waals surface area contributed by atoms with E-state index in [1.165, 1.54) is 30.7 Å². The van der Waals surface area contributed by atoms with Gasteiger partial charge >= 0.3 is 5.97 Å². The van der Waals surface area contributed by atoms with Crippen LogP contribution in [-0.2, 0) is 9.59 Å². The van der Waals surface area contributed by atoms with E-state index in [0.717, 1.165) is 31.8 Å². The van der Waals surface area contributed by atoms with E-state index in [4.69, 9.17) is 5.11 Å². The van der Waals surface area contributed by atoms with Crippen molar-refractivity contribution in [3.8, 4) is 0 Å². The van der Waals surface area contributed by atoms with Gasteiger partial charge in [-0.15, -0.1) is 0 Å². The predicted molar refractivity (Wildman–Crippen MR) is 78.3 cm³/mol. The summed E-state index contributed by atoms with van der Waals surface area (Å²) in [6.07, 6.45) is 7.11. The number of hydrogen-bond acceptors (Lipinski definition) is 2. The molecule has 0 spiro atoms. The van der Waals surface area contributed by atoms with E-state index in [2.05, 4.69) is 5.32 Å². The minimum atomic E-state index is -1.15. The Morgan fingerprint density at radius 3 is 2.62 bits per heavy atom. The van der Waals surface area contributed by atoms with Crippen molar-refractivity contribution < 1.29 is 19.1 Å². The third-order valence-electron chi connectivity index (χ3n) is 3.64. The second-order valence-corrected chi connectivity index (χ2v) is 5.23. The topological polar surface area (TPSA) is 66.4 Å². The summed E-state index contributed by atoms with van der Waals surface area (Å²) < 4.78 is 13.6. The van der Waals surface area contributed by atoms with Gasteiger partial charge in [0.25, 0.3) is 0 Å². The molecule has 1 fully saturated rings. The number of carboxylic acids is 1. The standard InChI is InChI=1S/C16H18FNO3/c17-14-8-7-13(10-12(14)6-9-15(19)20)18-16(21)11-4-2-1-3-5-11/h6-11H,1-5H2,(H,18,21)(H,19,20)/b9-6+. The lowest BCUT2D eigenvalue weighted by Gasteiger charge is -2.20. The van der Waals surface area contributed by atoms with Crippen LogP contribution in [0, 0.1) is 11.7 Å². The molecule has 1 aromatic carbocycles. The van der Waals surface area contributed by atoms with Gasteiger partial charge in [-0.05, 0) is 37.1 Å². The molecule has 1 amide bonds. The molecule has 5 heteroatoms. The van der Waals surface area contributed by atoms with Crippen LogP contribution < -0.4 is 5.32 Å². The maximum Gasteiger partial charge on any atom is 0.328 e. The summed E-state index contributed by atoms with van der Waals surface area (Å²) in [5.41, 5.74) is 0.621. The number of benzene rings is 1. The summed E-state index contributed by atoms with van der Waals surface area (Å²) >= 11 is 0. The number of anilines is 1. The Morgan fingerprint density at radius 2 is 1.95 bits per heavy atom. The van der Waals surface area contributed by atoms with Gasteiger partial charge in [0.15, 0.2) is 0 Å². The van der Waals surface area contributed by atoms with Crippen molar-refractivity contribution in [3.05, 3.63) is 35.7 Å². The highest BCUT2D eigenvalue weighted by molar-refractivity contribution is 5.93. The van der Waals surface area contributed by atoms with E-state index < -0.39 is 11.8 Å². The molecule has 1 saturated carbocycles. The first-order valence-electron chi connectivity index (χ1n) is 7.07. The van der Waals surface area contributed by atoms with Gasteiger partial charge in [-0.1, -0.05) is 19.3 Å². The molecule has 4 nitrogen and oxygen atoms in total. The van der Waals surface area contributed by atoms with Gasteiger partial charge in [0.1, 0.15) is 5.82 Å². The van der Waals surface area contributed by atoms with Crippen molar-refractivity contribution >= 4 is 23.6 Å². The molecule has 112 valence electrons. The van der Waals surface area contributed by atoms with E-state index in [9.17, 15) is 14.0 Å². The molecule has 1 aromatic rings. The summed E-state index contributed by atoms with van der Waals surface area (Å²) in [6.45, 7) is 0. The summed E-state index contributed by atoms with van der Waals surface area (Å²) in [4.78, 5) is 22.6. The van der Waals surface area contributed by atoms with Crippen molar-refractivity contribution in [2.45, 2.75) is 32.1 Å². The second-order valence-electron chi connectivity index (χ2n) is 5.23. The number of aliphatic carboxylic acids is 1. The predicted octanol–water partition coefficient (Wildman–Crippen LogP) is 3.44. The Kier molecular flexibility index (Phi) is 5.09. The first kappa shape index (κ1) is 15.2. The van der Waals surface area contributed by atoms with Crippen LogP contribution in [0.15, 0.2) is 24.3 Å². The molecule has 0 saturated heterocycles. The Bertz CT molecular complexity index is 563. The summed E-state index contributed by atoms with van der Waals surface area (Å²) in [5, 5.41) is 11.4. The molecule has 0 atom stereocenters. The van der Waals surface area contributed by atoms with E-state index in [0.29, 0.717) is 5.69 Å². The quantitative estimate of drug-likeness (QED) is 0.835. The highest BCUT2D eigenvalue weighted by Crippen LogP contribution is 2.25. The summed E-state index contributed by atoms with van der Waals surface area (Å²) in [7, 11) is 0. The number of rotatable bonds is 4. The lowest BCUT2D eigenvalue weighted by Crippen LogP contribution is -2.24.